The molecule has 0 saturated carbocycles. The second-order valence-electron chi connectivity index (χ2n) is 6.52. The van der Waals surface area contributed by atoms with Gasteiger partial charge in [0.25, 0.3) is 0 Å². The molecular weight excluding hydrogens is 395 g/mol. The van der Waals surface area contributed by atoms with Gasteiger partial charge in [0.15, 0.2) is 0 Å². The monoisotopic (exact) mass is 412 g/mol. The summed E-state index contributed by atoms with van der Waals surface area (Å²) >= 11 is 0. The molecule has 29 heavy (non-hydrogen) atoms. The highest BCUT2D eigenvalue weighted by atomic mass is 32.2. The molecular formula is C21H17FN2O4S. The van der Waals surface area contributed by atoms with E-state index in [1.807, 2.05) is 0 Å². The summed E-state index contributed by atoms with van der Waals surface area (Å²) in [6.07, 6.45) is -0.654. The first-order valence-corrected chi connectivity index (χ1v) is 10.3. The molecule has 4 rings (SSSR count). The highest BCUT2D eigenvalue weighted by Crippen LogP contribution is 2.30. The lowest BCUT2D eigenvalue weighted by atomic mass is 10.1. The first-order valence-electron chi connectivity index (χ1n) is 8.82. The molecule has 1 atom stereocenters. The van der Waals surface area contributed by atoms with Crippen LogP contribution in [0.15, 0.2) is 77.7 Å². The minimum absolute atomic E-state index is 0.0294. The van der Waals surface area contributed by atoms with Gasteiger partial charge in [0.1, 0.15) is 23.5 Å². The topological polar surface area (TPSA) is 84.5 Å². The molecule has 0 aliphatic carbocycles. The van der Waals surface area contributed by atoms with Crippen LogP contribution in [0.4, 0.5) is 10.1 Å². The number of para-hydroxylation sites is 1. The number of carbonyl (C=O) groups is 1. The molecule has 0 saturated heterocycles. The van der Waals surface area contributed by atoms with Crippen LogP contribution >= 0.6 is 0 Å². The Balaban J connectivity index is 1.45. The van der Waals surface area contributed by atoms with Gasteiger partial charge >= 0.3 is 5.97 Å². The molecule has 1 heterocycles. The van der Waals surface area contributed by atoms with E-state index in [1.165, 1.54) is 18.2 Å². The Morgan fingerprint density at radius 1 is 0.966 bits per heavy atom. The third-order valence-electron chi connectivity index (χ3n) is 4.51. The quantitative estimate of drug-likeness (QED) is 0.640. The number of halogens is 1. The Morgan fingerprint density at radius 3 is 2.38 bits per heavy atom. The Morgan fingerprint density at radius 2 is 1.66 bits per heavy atom. The first-order chi connectivity index (χ1) is 13.9. The molecule has 1 aliphatic heterocycles. The summed E-state index contributed by atoms with van der Waals surface area (Å²) in [6.45, 7) is 0.0294. The van der Waals surface area contributed by atoms with Crippen LogP contribution in [0, 0.1) is 5.82 Å². The van der Waals surface area contributed by atoms with Gasteiger partial charge in [-0.3, -0.25) is 0 Å². The Labute approximate surface area is 167 Å². The molecule has 2 N–H and O–H groups in total. The maximum atomic E-state index is 12.9. The second kappa shape index (κ2) is 7.65. The number of nitrogens with one attached hydrogen (secondary N) is 2. The largest absolute Gasteiger partial charge is 0.457 e. The summed E-state index contributed by atoms with van der Waals surface area (Å²) in [4.78, 5) is 12.4. The molecule has 0 bridgehead atoms. The van der Waals surface area contributed by atoms with Crippen molar-refractivity contribution in [1.29, 1.82) is 0 Å². The fourth-order valence-electron chi connectivity index (χ4n) is 3.00. The molecule has 0 radical (unpaired) electrons. The average Bonchev–Trinajstić information content (AvgIpc) is 2.73. The van der Waals surface area contributed by atoms with Gasteiger partial charge in [0, 0.05) is 0 Å². The van der Waals surface area contributed by atoms with Gasteiger partial charge in [-0.2, -0.15) is 4.72 Å². The van der Waals surface area contributed by atoms with E-state index in [4.69, 9.17) is 4.74 Å². The predicted molar refractivity (Wildman–Crippen MR) is 105 cm³/mol. The van der Waals surface area contributed by atoms with Gasteiger partial charge in [-0.15, -0.1) is 0 Å². The van der Waals surface area contributed by atoms with Crippen LogP contribution in [0.1, 0.15) is 27.7 Å². The number of anilines is 1. The van der Waals surface area contributed by atoms with E-state index in [2.05, 4.69) is 10.0 Å². The SMILES string of the molecule is O=C(OCc1ccc(F)cc1)c1ccc([C@@H]2Nc3ccccc3S(=O)(=O)N2)cc1. The molecule has 0 aromatic heterocycles. The fourth-order valence-corrected chi connectivity index (χ4v) is 4.31. The van der Waals surface area contributed by atoms with Crippen molar-refractivity contribution in [1.82, 2.24) is 4.72 Å². The summed E-state index contributed by atoms with van der Waals surface area (Å²) in [7, 11) is -3.64. The smallest absolute Gasteiger partial charge is 0.338 e. The van der Waals surface area contributed by atoms with Gasteiger partial charge in [0.2, 0.25) is 10.0 Å². The molecule has 1 aliphatic rings. The molecule has 8 heteroatoms. The van der Waals surface area contributed by atoms with Gasteiger partial charge in [-0.1, -0.05) is 36.4 Å². The first kappa shape index (κ1) is 19.1. The van der Waals surface area contributed by atoms with Crippen LogP contribution in [0.5, 0.6) is 0 Å². The summed E-state index contributed by atoms with van der Waals surface area (Å²) in [5.41, 5.74) is 2.17. The number of ether oxygens (including phenoxy) is 1. The Hall–Kier alpha value is -3.23. The summed E-state index contributed by atoms with van der Waals surface area (Å²) < 4.78 is 45.6. The van der Waals surface area contributed by atoms with E-state index in [-0.39, 0.29) is 17.3 Å². The van der Waals surface area contributed by atoms with Crippen molar-refractivity contribution in [2.75, 3.05) is 5.32 Å². The molecule has 6 nitrogen and oxygen atoms in total. The molecule has 3 aromatic rings. The van der Waals surface area contributed by atoms with Gasteiger partial charge in [-0.05, 0) is 47.5 Å². The zero-order valence-electron chi connectivity index (χ0n) is 15.1. The highest BCUT2D eigenvalue weighted by Gasteiger charge is 2.29. The Bertz CT molecular complexity index is 1150. The number of benzene rings is 3. The van der Waals surface area contributed by atoms with Crippen molar-refractivity contribution in [3.63, 3.8) is 0 Å². The van der Waals surface area contributed by atoms with E-state index in [1.54, 1.807) is 54.6 Å². The Kier molecular flexibility index (Phi) is 5.04. The molecule has 0 spiro atoms. The van der Waals surface area contributed by atoms with Gasteiger partial charge < -0.3 is 10.1 Å². The number of sulfonamides is 1. The summed E-state index contributed by atoms with van der Waals surface area (Å²) in [5.74, 6) is -0.881. The molecule has 0 fully saturated rings. The van der Waals surface area contributed by atoms with Crippen LogP contribution in [-0.2, 0) is 21.4 Å². The highest BCUT2D eigenvalue weighted by molar-refractivity contribution is 7.89. The van der Waals surface area contributed by atoms with Crippen LogP contribution in [0.3, 0.4) is 0 Å². The van der Waals surface area contributed by atoms with E-state index in [0.29, 0.717) is 22.4 Å². The number of rotatable bonds is 4. The van der Waals surface area contributed by atoms with Crippen molar-refractivity contribution in [3.8, 4) is 0 Å². The summed E-state index contributed by atoms with van der Waals surface area (Å²) in [6, 6.07) is 18.8. The van der Waals surface area contributed by atoms with Crippen molar-refractivity contribution in [2.45, 2.75) is 17.7 Å². The third-order valence-corrected chi connectivity index (χ3v) is 5.99. The van der Waals surface area contributed by atoms with Crippen molar-refractivity contribution in [3.05, 3.63) is 95.3 Å². The number of hydrogen-bond acceptors (Lipinski definition) is 5. The van der Waals surface area contributed by atoms with Crippen molar-refractivity contribution < 1.29 is 22.3 Å². The van der Waals surface area contributed by atoms with E-state index in [0.717, 1.165) is 0 Å². The van der Waals surface area contributed by atoms with Crippen LogP contribution in [0.2, 0.25) is 0 Å². The molecule has 0 amide bonds. The molecule has 0 unspecified atom stereocenters. The van der Waals surface area contributed by atoms with Crippen molar-refractivity contribution >= 4 is 21.7 Å². The molecule has 148 valence electrons. The van der Waals surface area contributed by atoms with Crippen LogP contribution < -0.4 is 10.0 Å². The minimum Gasteiger partial charge on any atom is -0.457 e. The predicted octanol–water partition coefficient (Wildman–Crippen LogP) is 3.59. The standard InChI is InChI=1S/C21H17FN2O4S/c22-17-11-5-14(6-12-17)13-28-21(25)16-9-7-15(8-10-16)20-23-18-3-1-2-4-19(18)29(26,27)24-20/h1-12,20,23-24H,13H2/t20-/m1/s1. The second-order valence-corrected chi connectivity index (χ2v) is 8.20. The maximum absolute atomic E-state index is 12.9. The number of hydrogen-bond donors (Lipinski definition) is 2. The van der Waals surface area contributed by atoms with E-state index < -0.39 is 22.2 Å². The van der Waals surface area contributed by atoms with Gasteiger partial charge in [-0.25, -0.2) is 17.6 Å². The number of fused-ring (bicyclic) bond motifs is 1. The van der Waals surface area contributed by atoms with E-state index in [9.17, 15) is 17.6 Å². The van der Waals surface area contributed by atoms with Crippen LogP contribution in [-0.4, -0.2) is 14.4 Å². The lowest BCUT2D eigenvalue weighted by Gasteiger charge is -2.28. The molecule has 3 aromatic carbocycles. The van der Waals surface area contributed by atoms with Gasteiger partial charge in [0.05, 0.1) is 11.3 Å². The zero-order valence-corrected chi connectivity index (χ0v) is 15.9. The number of esters is 1. The minimum atomic E-state index is -3.64. The normalized spacial score (nSPS) is 17.1. The lowest BCUT2D eigenvalue weighted by Crippen LogP contribution is -2.38. The maximum Gasteiger partial charge on any atom is 0.338 e. The third kappa shape index (κ3) is 4.13. The lowest BCUT2D eigenvalue weighted by molar-refractivity contribution is 0.0472. The zero-order chi connectivity index (χ0) is 20.4. The van der Waals surface area contributed by atoms with Crippen molar-refractivity contribution in [2.24, 2.45) is 0 Å². The van der Waals surface area contributed by atoms with E-state index >= 15 is 0 Å². The number of carbonyl (C=O) groups excluding carboxylic acids is 1. The fraction of sp³-hybridized carbons (Fsp3) is 0.0952. The summed E-state index contributed by atoms with van der Waals surface area (Å²) in [5, 5.41) is 3.13. The average molecular weight is 412 g/mol. The van der Waals surface area contributed by atoms with Crippen LogP contribution in [0.25, 0.3) is 0 Å².